The van der Waals surface area contributed by atoms with E-state index in [9.17, 15) is 9.59 Å². The van der Waals surface area contributed by atoms with Crippen LogP contribution in [0.4, 0.5) is 0 Å². The van der Waals surface area contributed by atoms with Crippen molar-refractivity contribution in [2.24, 2.45) is 0 Å². The van der Waals surface area contributed by atoms with E-state index in [4.69, 9.17) is 11.6 Å². The number of carbonyl (C=O) groups is 2. The van der Waals surface area contributed by atoms with Crippen molar-refractivity contribution in [1.82, 2.24) is 25.6 Å². The van der Waals surface area contributed by atoms with Crippen molar-refractivity contribution in [3.8, 4) is 5.69 Å². The third kappa shape index (κ3) is 4.71. The Labute approximate surface area is 161 Å². The lowest BCUT2D eigenvalue weighted by Crippen LogP contribution is -2.34. The van der Waals surface area contributed by atoms with Gasteiger partial charge in [0.05, 0.1) is 22.5 Å². The average Bonchev–Trinajstić information content (AvgIpc) is 3.16. The maximum Gasteiger partial charge on any atom is 0.273 e. The molecule has 0 spiro atoms. The highest BCUT2D eigenvalue weighted by molar-refractivity contribution is 6.33. The first-order valence-electron chi connectivity index (χ1n) is 8.35. The summed E-state index contributed by atoms with van der Waals surface area (Å²) in [6.07, 6.45) is 1.56. The molecule has 0 aliphatic rings. The Bertz CT molecular complexity index is 953. The molecule has 2 aromatic carbocycles. The summed E-state index contributed by atoms with van der Waals surface area (Å²) in [4.78, 5) is 24.2. The van der Waals surface area contributed by atoms with Crippen molar-refractivity contribution in [1.29, 1.82) is 0 Å². The molecule has 1 heterocycles. The standard InChI is InChI=1S/C19H18ClN5O2/c1-13-6-8-14(9-7-13)25-12-17(23-24-25)19(27)22-11-10-21-18(26)15-4-2-3-5-16(15)20/h2-9,12H,10-11H2,1H3,(H,21,26)(H,22,27). The van der Waals surface area contributed by atoms with Gasteiger partial charge in [-0.25, -0.2) is 4.68 Å². The van der Waals surface area contributed by atoms with Gasteiger partial charge in [-0.1, -0.05) is 46.6 Å². The lowest BCUT2D eigenvalue weighted by Gasteiger charge is -2.07. The van der Waals surface area contributed by atoms with E-state index in [1.807, 2.05) is 31.2 Å². The number of hydrogen-bond acceptors (Lipinski definition) is 4. The lowest BCUT2D eigenvalue weighted by molar-refractivity contribution is 0.0925. The van der Waals surface area contributed by atoms with Crippen LogP contribution in [0.1, 0.15) is 26.4 Å². The number of halogens is 1. The van der Waals surface area contributed by atoms with Crippen molar-refractivity contribution in [2.45, 2.75) is 6.92 Å². The average molecular weight is 384 g/mol. The zero-order valence-electron chi connectivity index (χ0n) is 14.6. The smallest absolute Gasteiger partial charge is 0.273 e. The van der Waals surface area contributed by atoms with Crippen LogP contribution in [-0.2, 0) is 0 Å². The zero-order chi connectivity index (χ0) is 19.2. The maximum absolute atomic E-state index is 12.2. The Balaban J connectivity index is 1.49. The number of carbonyl (C=O) groups excluding carboxylic acids is 2. The van der Waals surface area contributed by atoms with E-state index in [-0.39, 0.29) is 30.6 Å². The van der Waals surface area contributed by atoms with E-state index in [2.05, 4.69) is 20.9 Å². The summed E-state index contributed by atoms with van der Waals surface area (Å²) in [6, 6.07) is 14.5. The molecule has 3 aromatic rings. The number of amides is 2. The van der Waals surface area contributed by atoms with Crippen LogP contribution in [-0.4, -0.2) is 39.9 Å². The SMILES string of the molecule is Cc1ccc(-n2cc(C(=O)NCCNC(=O)c3ccccc3Cl)nn2)cc1. The van der Waals surface area contributed by atoms with Crippen LogP contribution in [0.2, 0.25) is 5.02 Å². The summed E-state index contributed by atoms with van der Waals surface area (Å²) in [5.74, 6) is -0.652. The van der Waals surface area contributed by atoms with Crippen LogP contribution in [0.5, 0.6) is 0 Å². The molecule has 2 amide bonds. The number of rotatable bonds is 6. The molecule has 0 unspecified atom stereocenters. The summed E-state index contributed by atoms with van der Waals surface area (Å²) in [5.41, 5.74) is 2.55. The van der Waals surface area contributed by atoms with Gasteiger partial charge < -0.3 is 10.6 Å². The van der Waals surface area contributed by atoms with E-state index in [0.717, 1.165) is 11.3 Å². The summed E-state index contributed by atoms with van der Waals surface area (Å²) >= 11 is 5.98. The molecule has 3 rings (SSSR count). The second kappa shape index (κ2) is 8.46. The fourth-order valence-corrected chi connectivity index (χ4v) is 2.60. The van der Waals surface area contributed by atoms with Crippen molar-refractivity contribution < 1.29 is 9.59 Å². The first-order valence-corrected chi connectivity index (χ1v) is 8.73. The monoisotopic (exact) mass is 383 g/mol. The minimum absolute atomic E-state index is 0.202. The largest absolute Gasteiger partial charge is 0.350 e. The summed E-state index contributed by atoms with van der Waals surface area (Å²) in [5, 5.41) is 13.6. The Morgan fingerprint density at radius 1 is 1.00 bits per heavy atom. The van der Waals surface area contributed by atoms with Gasteiger partial charge in [-0.15, -0.1) is 5.10 Å². The van der Waals surface area contributed by atoms with Gasteiger partial charge in [0, 0.05) is 13.1 Å². The van der Waals surface area contributed by atoms with Gasteiger partial charge in [0.1, 0.15) is 0 Å². The number of hydrogen-bond donors (Lipinski definition) is 2. The fourth-order valence-electron chi connectivity index (χ4n) is 2.37. The minimum Gasteiger partial charge on any atom is -0.350 e. The van der Waals surface area contributed by atoms with Gasteiger partial charge in [-0.2, -0.15) is 0 Å². The number of nitrogens with zero attached hydrogens (tertiary/aromatic N) is 3. The Morgan fingerprint density at radius 2 is 1.67 bits per heavy atom. The quantitative estimate of drug-likeness (QED) is 0.639. The normalized spacial score (nSPS) is 10.4. The molecule has 7 nitrogen and oxygen atoms in total. The van der Waals surface area contributed by atoms with Crippen LogP contribution >= 0.6 is 11.6 Å². The molecule has 0 atom stereocenters. The van der Waals surface area contributed by atoms with Crippen LogP contribution in [0.3, 0.4) is 0 Å². The van der Waals surface area contributed by atoms with Crippen LogP contribution in [0.15, 0.2) is 54.7 Å². The summed E-state index contributed by atoms with van der Waals surface area (Å²) < 4.78 is 1.54. The molecule has 138 valence electrons. The molecule has 0 aliphatic heterocycles. The molecule has 0 saturated heterocycles. The second-order valence-electron chi connectivity index (χ2n) is 5.88. The second-order valence-corrected chi connectivity index (χ2v) is 6.28. The van der Waals surface area contributed by atoms with E-state index in [0.29, 0.717) is 10.6 Å². The molecular weight excluding hydrogens is 366 g/mol. The van der Waals surface area contributed by atoms with E-state index in [1.165, 1.54) is 4.68 Å². The third-order valence-electron chi connectivity index (χ3n) is 3.84. The Kier molecular flexibility index (Phi) is 5.83. The van der Waals surface area contributed by atoms with Gasteiger partial charge in [0.15, 0.2) is 5.69 Å². The Morgan fingerprint density at radius 3 is 2.37 bits per heavy atom. The first kappa shape index (κ1) is 18.6. The molecule has 8 heteroatoms. The number of nitrogens with one attached hydrogen (secondary N) is 2. The molecule has 0 fully saturated rings. The van der Waals surface area contributed by atoms with E-state index in [1.54, 1.807) is 30.5 Å². The zero-order valence-corrected chi connectivity index (χ0v) is 15.4. The summed E-state index contributed by atoms with van der Waals surface area (Å²) in [7, 11) is 0. The predicted octanol–water partition coefficient (Wildman–Crippen LogP) is 2.39. The molecule has 2 N–H and O–H groups in total. The van der Waals surface area contributed by atoms with Crippen LogP contribution < -0.4 is 10.6 Å². The maximum atomic E-state index is 12.2. The molecule has 0 bridgehead atoms. The van der Waals surface area contributed by atoms with Gasteiger partial charge in [0.25, 0.3) is 11.8 Å². The highest BCUT2D eigenvalue weighted by atomic mass is 35.5. The molecule has 1 aromatic heterocycles. The summed E-state index contributed by atoms with van der Waals surface area (Å²) in [6.45, 7) is 2.52. The van der Waals surface area contributed by atoms with Crippen LogP contribution in [0, 0.1) is 6.92 Å². The molecule has 0 aliphatic carbocycles. The molecular formula is C19H18ClN5O2. The van der Waals surface area contributed by atoms with Crippen molar-refractivity contribution in [2.75, 3.05) is 13.1 Å². The molecule has 27 heavy (non-hydrogen) atoms. The molecule has 0 radical (unpaired) electrons. The van der Waals surface area contributed by atoms with Crippen molar-refractivity contribution in [3.05, 3.63) is 76.6 Å². The van der Waals surface area contributed by atoms with Gasteiger partial charge in [-0.3, -0.25) is 9.59 Å². The topological polar surface area (TPSA) is 88.9 Å². The molecule has 0 saturated carbocycles. The Hall–Kier alpha value is -3.19. The number of aryl methyl sites for hydroxylation is 1. The van der Waals surface area contributed by atoms with Crippen LogP contribution in [0.25, 0.3) is 5.69 Å². The van der Waals surface area contributed by atoms with Crippen molar-refractivity contribution in [3.63, 3.8) is 0 Å². The van der Waals surface area contributed by atoms with Crippen molar-refractivity contribution >= 4 is 23.4 Å². The third-order valence-corrected chi connectivity index (χ3v) is 4.17. The first-order chi connectivity index (χ1) is 13.0. The van der Waals surface area contributed by atoms with Gasteiger partial charge in [0.2, 0.25) is 0 Å². The fraction of sp³-hybridized carbons (Fsp3) is 0.158. The lowest BCUT2D eigenvalue weighted by atomic mass is 10.2. The van der Waals surface area contributed by atoms with Gasteiger partial charge >= 0.3 is 0 Å². The number of aromatic nitrogens is 3. The minimum atomic E-state index is -0.361. The highest BCUT2D eigenvalue weighted by Crippen LogP contribution is 2.14. The van der Waals surface area contributed by atoms with E-state index >= 15 is 0 Å². The number of benzene rings is 2. The van der Waals surface area contributed by atoms with Gasteiger partial charge in [-0.05, 0) is 31.2 Å². The van der Waals surface area contributed by atoms with E-state index < -0.39 is 0 Å². The predicted molar refractivity (Wildman–Crippen MR) is 102 cm³/mol. The highest BCUT2D eigenvalue weighted by Gasteiger charge is 2.12.